The molecule has 0 aliphatic carbocycles. The number of hydrogen-bond donors (Lipinski definition) is 1. The van der Waals surface area contributed by atoms with E-state index in [0.29, 0.717) is 12.4 Å². The van der Waals surface area contributed by atoms with E-state index in [4.69, 9.17) is 10.5 Å². The molecule has 2 N–H and O–H groups in total. The molecule has 2 heterocycles. The van der Waals surface area contributed by atoms with Crippen molar-refractivity contribution in [2.75, 3.05) is 6.61 Å². The normalized spacial score (nSPS) is 20.5. The van der Waals surface area contributed by atoms with Crippen LogP contribution in [-0.4, -0.2) is 16.6 Å². The Balaban J connectivity index is 0.000000980. The van der Waals surface area contributed by atoms with Crippen molar-refractivity contribution in [3.05, 3.63) is 23.8 Å². The van der Waals surface area contributed by atoms with Gasteiger partial charge in [-0.2, -0.15) is 0 Å². The van der Waals surface area contributed by atoms with Crippen molar-refractivity contribution < 1.29 is 4.74 Å². The molecule has 0 saturated carbocycles. The van der Waals surface area contributed by atoms with Gasteiger partial charge in [0.05, 0.1) is 12.6 Å². The lowest BCUT2D eigenvalue weighted by atomic mass is 10.1. The van der Waals surface area contributed by atoms with Crippen LogP contribution in [0.1, 0.15) is 30.3 Å². The van der Waals surface area contributed by atoms with E-state index in [1.54, 1.807) is 0 Å². The van der Waals surface area contributed by atoms with Crippen molar-refractivity contribution in [2.45, 2.75) is 25.5 Å². The van der Waals surface area contributed by atoms with E-state index in [1.165, 1.54) is 0 Å². The summed E-state index contributed by atoms with van der Waals surface area (Å²) < 4.78 is 5.50. The fourth-order valence-corrected chi connectivity index (χ4v) is 1.48. The molecule has 0 aromatic carbocycles. The maximum Gasteiger partial charge on any atom is 0.141 e. The van der Waals surface area contributed by atoms with Crippen LogP contribution in [0.15, 0.2) is 12.4 Å². The van der Waals surface area contributed by atoms with Crippen molar-refractivity contribution in [3.63, 3.8) is 0 Å². The average molecular weight is 216 g/mol. The highest BCUT2D eigenvalue weighted by molar-refractivity contribution is 5.85. The number of halogens is 1. The number of rotatable bonds is 2. The molecule has 1 fully saturated rings. The summed E-state index contributed by atoms with van der Waals surface area (Å²) in [5, 5.41) is 0. The van der Waals surface area contributed by atoms with Crippen LogP contribution in [0.3, 0.4) is 0 Å². The molecule has 2 rings (SSSR count). The third-order valence-corrected chi connectivity index (χ3v) is 2.21. The van der Waals surface area contributed by atoms with Crippen LogP contribution in [0.4, 0.5) is 0 Å². The van der Waals surface area contributed by atoms with Gasteiger partial charge in [0.2, 0.25) is 0 Å². The molecule has 1 unspecified atom stereocenters. The molecular weight excluding hydrogens is 202 g/mol. The molecule has 1 saturated heterocycles. The predicted octanol–water partition coefficient (Wildman–Crippen LogP) is 1.21. The zero-order chi connectivity index (χ0) is 9.10. The number of ether oxygens (including phenoxy) is 1. The van der Waals surface area contributed by atoms with Gasteiger partial charge in [-0.05, 0) is 12.8 Å². The number of nitrogens with zero attached hydrogens (tertiary/aromatic N) is 2. The second kappa shape index (κ2) is 5.24. The maximum atomic E-state index is 5.50. The molecule has 1 aromatic heterocycles. The average Bonchev–Trinajstić information content (AvgIpc) is 2.71. The highest BCUT2D eigenvalue weighted by atomic mass is 35.5. The van der Waals surface area contributed by atoms with E-state index in [-0.39, 0.29) is 18.5 Å². The Bertz CT molecular complexity index is 272. The van der Waals surface area contributed by atoms with Gasteiger partial charge in [0.15, 0.2) is 0 Å². The Morgan fingerprint density at radius 2 is 2.14 bits per heavy atom. The molecule has 0 radical (unpaired) electrons. The van der Waals surface area contributed by atoms with E-state index in [0.717, 1.165) is 25.0 Å². The zero-order valence-corrected chi connectivity index (χ0v) is 8.67. The molecular formula is C9H14ClN3O. The molecule has 78 valence electrons. The Morgan fingerprint density at radius 1 is 1.43 bits per heavy atom. The third kappa shape index (κ3) is 2.41. The summed E-state index contributed by atoms with van der Waals surface area (Å²) in [5.41, 5.74) is 6.46. The monoisotopic (exact) mass is 215 g/mol. The molecule has 1 aromatic rings. The minimum atomic E-state index is 0. The number of aromatic nitrogens is 2. The summed E-state index contributed by atoms with van der Waals surface area (Å²) in [4.78, 5) is 8.25. The van der Waals surface area contributed by atoms with Gasteiger partial charge in [0.1, 0.15) is 5.82 Å². The summed E-state index contributed by atoms with van der Waals surface area (Å²) >= 11 is 0. The maximum absolute atomic E-state index is 5.50. The van der Waals surface area contributed by atoms with Crippen molar-refractivity contribution in [2.24, 2.45) is 5.73 Å². The van der Waals surface area contributed by atoms with Gasteiger partial charge in [0.25, 0.3) is 0 Å². The van der Waals surface area contributed by atoms with Crippen LogP contribution < -0.4 is 5.73 Å². The molecule has 5 heteroatoms. The van der Waals surface area contributed by atoms with Crippen LogP contribution in [-0.2, 0) is 11.3 Å². The van der Waals surface area contributed by atoms with E-state index >= 15 is 0 Å². The lowest BCUT2D eigenvalue weighted by Gasteiger charge is -2.08. The molecule has 0 amide bonds. The second-order valence-corrected chi connectivity index (χ2v) is 3.14. The molecule has 1 aliphatic rings. The quantitative estimate of drug-likeness (QED) is 0.806. The van der Waals surface area contributed by atoms with Crippen LogP contribution in [0.2, 0.25) is 0 Å². The van der Waals surface area contributed by atoms with Crippen LogP contribution in [0, 0.1) is 0 Å². The summed E-state index contributed by atoms with van der Waals surface area (Å²) in [6, 6.07) is 0. The van der Waals surface area contributed by atoms with Gasteiger partial charge in [-0.1, -0.05) is 0 Å². The molecule has 4 nitrogen and oxygen atoms in total. The highest BCUT2D eigenvalue weighted by Gasteiger charge is 2.17. The molecule has 1 aliphatic heterocycles. The Hall–Kier alpha value is -0.710. The van der Waals surface area contributed by atoms with Gasteiger partial charge >= 0.3 is 0 Å². The number of nitrogens with two attached hydrogens (primary N) is 1. The number of hydrogen-bond acceptors (Lipinski definition) is 4. The van der Waals surface area contributed by atoms with Gasteiger partial charge in [-0.25, -0.2) is 9.97 Å². The lowest BCUT2D eigenvalue weighted by molar-refractivity contribution is 0.111. The minimum absolute atomic E-state index is 0. The Kier molecular flexibility index (Phi) is 4.25. The first-order valence-electron chi connectivity index (χ1n) is 4.52. The van der Waals surface area contributed by atoms with Gasteiger partial charge in [0, 0.05) is 24.6 Å². The fraction of sp³-hybridized carbons (Fsp3) is 0.556. The first kappa shape index (κ1) is 11.4. The summed E-state index contributed by atoms with van der Waals surface area (Å²) in [5.74, 6) is 0.682. The van der Waals surface area contributed by atoms with E-state index in [1.807, 2.05) is 12.4 Å². The largest absolute Gasteiger partial charge is 0.373 e. The first-order valence-corrected chi connectivity index (χ1v) is 4.52. The standard InChI is InChI=1S/C9H13N3O.ClH/c10-4-9-11-5-7(6-12-9)8-2-1-3-13-8;/h5-6,8H,1-4,10H2;1H. The van der Waals surface area contributed by atoms with E-state index < -0.39 is 0 Å². The lowest BCUT2D eigenvalue weighted by Crippen LogP contribution is -2.05. The van der Waals surface area contributed by atoms with Crippen LogP contribution in [0.25, 0.3) is 0 Å². The second-order valence-electron chi connectivity index (χ2n) is 3.14. The van der Waals surface area contributed by atoms with Gasteiger partial charge in [-0.15, -0.1) is 12.4 Å². The summed E-state index contributed by atoms with van der Waals surface area (Å²) in [6.45, 7) is 1.25. The van der Waals surface area contributed by atoms with Crippen molar-refractivity contribution in [1.82, 2.24) is 9.97 Å². The summed E-state index contributed by atoms with van der Waals surface area (Å²) in [6.07, 6.45) is 6.03. The SMILES string of the molecule is Cl.NCc1ncc(C2CCCO2)cn1. The summed E-state index contributed by atoms with van der Waals surface area (Å²) in [7, 11) is 0. The zero-order valence-electron chi connectivity index (χ0n) is 7.85. The molecule has 14 heavy (non-hydrogen) atoms. The van der Waals surface area contributed by atoms with Crippen molar-refractivity contribution >= 4 is 12.4 Å². The smallest absolute Gasteiger partial charge is 0.141 e. The van der Waals surface area contributed by atoms with E-state index in [9.17, 15) is 0 Å². The van der Waals surface area contributed by atoms with Crippen LogP contribution >= 0.6 is 12.4 Å². The predicted molar refractivity (Wildman–Crippen MR) is 55.1 cm³/mol. The van der Waals surface area contributed by atoms with Crippen LogP contribution in [0.5, 0.6) is 0 Å². The Morgan fingerprint density at radius 3 is 2.64 bits per heavy atom. The van der Waals surface area contributed by atoms with Gasteiger partial charge < -0.3 is 10.5 Å². The first-order chi connectivity index (χ1) is 6.40. The molecule has 0 bridgehead atoms. The highest BCUT2D eigenvalue weighted by Crippen LogP contribution is 2.27. The fourth-order valence-electron chi connectivity index (χ4n) is 1.48. The topological polar surface area (TPSA) is 61.0 Å². The van der Waals surface area contributed by atoms with Crippen molar-refractivity contribution in [1.29, 1.82) is 0 Å². The van der Waals surface area contributed by atoms with E-state index in [2.05, 4.69) is 9.97 Å². The molecule has 0 spiro atoms. The van der Waals surface area contributed by atoms with Crippen molar-refractivity contribution in [3.8, 4) is 0 Å². The minimum Gasteiger partial charge on any atom is -0.373 e. The Labute approximate surface area is 89.3 Å². The molecule has 1 atom stereocenters. The third-order valence-electron chi connectivity index (χ3n) is 2.21. The van der Waals surface area contributed by atoms with Gasteiger partial charge in [-0.3, -0.25) is 0 Å².